The fourth-order valence-electron chi connectivity index (χ4n) is 4.77. The van der Waals surface area contributed by atoms with E-state index in [1.165, 1.54) is 11.1 Å². The van der Waals surface area contributed by atoms with Gasteiger partial charge in [0, 0.05) is 22.3 Å². The minimum Gasteiger partial charge on any atom is -0.235 e. The van der Waals surface area contributed by atoms with Gasteiger partial charge >= 0.3 is 0 Å². The van der Waals surface area contributed by atoms with E-state index >= 15 is 0 Å². The van der Waals surface area contributed by atoms with E-state index in [4.69, 9.17) is 15.0 Å². The Kier molecular flexibility index (Phi) is 6.00. The van der Waals surface area contributed by atoms with Gasteiger partial charge in [0.15, 0.2) is 5.82 Å². The van der Waals surface area contributed by atoms with Gasteiger partial charge in [0.25, 0.3) is 0 Å². The van der Waals surface area contributed by atoms with E-state index in [1.54, 1.807) is 11.3 Å². The lowest BCUT2D eigenvalue weighted by atomic mass is 10.0. The molecule has 0 amide bonds. The molecule has 0 radical (unpaired) electrons. The minimum absolute atomic E-state index is 0.700. The third-order valence-electron chi connectivity index (χ3n) is 6.76. The molecule has 0 atom stereocenters. The molecule has 0 N–H and O–H groups in total. The molecule has 39 heavy (non-hydrogen) atoms. The fourth-order valence-corrected chi connectivity index (χ4v) is 5.77. The summed E-state index contributed by atoms with van der Waals surface area (Å²) >= 11 is 1.71. The zero-order valence-corrected chi connectivity index (χ0v) is 21.8. The maximum Gasteiger partial charge on any atom is 0.160 e. The van der Waals surface area contributed by atoms with Crippen LogP contribution in [-0.2, 0) is 0 Å². The van der Waals surface area contributed by atoms with Gasteiger partial charge in [-0.1, -0.05) is 127 Å². The van der Waals surface area contributed by atoms with Crippen molar-refractivity contribution < 1.29 is 0 Å². The first-order valence-corrected chi connectivity index (χ1v) is 13.7. The number of hydrogen-bond acceptors (Lipinski definition) is 4. The zero-order chi connectivity index (χ0) is 26.0. The summed E-state index contributed by atoms with van der Waals surface area (Å²) in [4.78, 5) is 15.1. The summed E-state index contributed by atoms with van der Waals surface area (Å²) in [5, 5.41) is 1.01. The monoisotopic (exact) mass is 517 g/mol. The number of thiazole rings is 1. The average molecular weight is 518 g/mol. The van der Waals surface area contributed by atoms with Crippen LogP contribution in [0, 0.1) is 0 Å². The number of rotatable bonds is 5. The Morgan fingerprint density at radius 1 is 0.410 bits per heavy atom. The summed E-state index contributed by atoms with van der Waals surface area (Å²) in [7, 11) is 0. The van der Waals surface area contributed by atoms with Crippen molar-refractivity contribution >= 4 is 21.6 Å². The molecule has 0 unspecified atom stereocenters. The smallest absolute Gasteiger partial charge is 0.160 e. The molecule has 184 valence electrons. The molecule has 0 fully saturated rings. The topological polar surface area (TPSA) is 38.7 Å². The van der Waals surface area contributed by atoms with Crippen molar-refractivity contribution in [1.82, 2.24) is 15.0 Å². The van der Waals surface area contributed by atoms with Crippen molar-refractivity contribution in [2.24, 2.45) is 0 Å². The van der Waals surface area contributed by atoms with Gasteiger partial charge in [0.05, 0.1) is 21.6 Å². The quantitative estimate of drug-likeness (QED) is 0.228. The number of benzene rings is 5. The molecule has 4 heteroatoms. The molecule has 0 saturated carbocycles. The molecule has 5 aromatic carbocycles. The summed E-state index contributed by atoms with van der Waals surface area (Å²) in [5.41, 5.74) is 9.24. The van der Waals surface area contributed by atoms with Crippen LogP contribution in [0.1, 0.15) is 0 Å². The first kappa shape index (κ1) is 23.2. The van der Waals surface area contributed by atoms with Crippen LogP contribution in [0.3, 0.4) is 0 Å². The van der Waals surface area contributed by atoms with Gasteiger partial charge in [-0.2, -0.15) is 0 Å². The van der Waals surface area contributed by atoms with Gasteiger partial charge in [-0.3, -0.25) is 0 Å². The number of hydrogen-bond donors (Lipinski definition) is 0. The first-order valence-electron chi connectivity index (χ1n) is 12.9. The fraction of sp³-hybridized carbons (Fsp3) is 0. The van der Waals surface area contributed by atoms with Crippen LogP contribution in [-0.4, -0.2) is 15.0 Å². The summed E-state index contributed by atoms with van der Waals surface area (Å²) in [6.07, 6.45) is 0. The molecule has 0 saturated heterocycles. The molecule has 0 spiro atoms. The Bertz CT molecular complexity index is 1880. The van der Waals surface area contributed by atoms with Gasteiger partial charge in [0.1, 0.15) is 5.01 Å². The standard InChI is InChI=1S/C35H23N3S/c1-4-11-24(12-5-1)25-19-21-26(22-20-25)30-23-31(37-34(36-30)27-13-6-2-7-14-27)29-17-10-18-32-33(29)38-35(39-32)28-15-8-3-9-16-28/h1-23H. The Morgan fingerprint density at radius 2 is 0.974 bits per heavy atom. The van der Waals surface area contributed by atoms with Crippen LogP contribution in [0.25, 0.3) is 65.8 Å². The van der Waals surface area contributed by atoms with E-state index in [1.807, 2.05) is 42.5 Å². The van der Waals surface area contributed by atoms with E-state index in [0.717, 1.165) is 48.9 Å². The summed E-state index contributed by atoms with van der Waals surface area (Å²) in [5.74, 6) is 0.700. The maximum atomic E-state index is 5.07. The molecule has 7 aromatic rings. The van der Waals surface area contributed by atoms with E-state index in [0.29, 0.717) is 5.82 Å². The van der Waals surface area contributed by atoms with E-state index in [2.05, 4.69) is 97.1 Å². The Labute approximate surface area is 231 Å². The largest absolute Gasteiger partial charge is 0.235 e. The van der Waals surface area contributed by atoms with Crippen molar-refractivity contribution in [1.29, 1.82) is 0 Å². The Morgan fingerprint density at radius 3 is 1.67 bits per heavy atom. The molecular formula is C35H23N3S. The van der Waals surface area contributed by atoms with Crippen molar-refractivity contribution in [2.75, 3.05) is 0 Å². The second-order valence-corrected chi connectivity index (χ2v) is 10.3. The van der Waals surface area contributed by atoms with Crippen LogP contribution >= 0.6 is 11.3 Å². The van der Waals surface area contributed by atoms with E-state index in [9.17, 15) is 0 Å². The van der Waals surface area contributed by atoms with Crippen LogP contribution in [0.4, 0.5) is 0 Å². The molecule has 2 heterocycles. The van der Waals surface area contributed by atoms with E-state index < -0.39 is 0 Å². The highest BCUT2D eigenvalue weighted by Crippen LogP contribution is 2.37. The van der Waals surface area contributed by atoms with Crippen molar-refractivity contribution in [3.63, 3.8) is 0 Å². The molecule has 7 rings (SSSR count). The molecule has 0 aliphatic carbocycles. The third kappa shape index (κ3) is 4.63. The van der Waals surface area contributed by atoms with Crippen LogP contribution in [0.2, 0.25) is 0 Å². The average Bonchev–Trinajstić information content (AvgIpc) is 3.47. The number of nitrogens with zero attached hydrogens (tertiary/aromatic N) is 3. The van der Waals surface area contributed by atoms with E-state index in [-0.39, 0.29) is 0 Å². The Hall–Kier alpha value is -4.93. The van der Waals surface area contributed by atoms with Crippen molar-refractivity contribution in [3.8, 4) is 55.6 Å². The lowest BCUT2D eigenvalue weighted by molar-refractivity contribution is 1.18. The minimum atomic E-state index is 0.700. The highest BCUT2D eigenvalue weighted by molar-refractivity contribution is 7.21. The van der Waals surface area contributed by atoms with Crippen LogP contribution in [0.15, 0.2) is 140 Å². The van der Waals surface area contributed by atoms with Gasteiger partial charge < -0.3 is 0 Å². The second-order valence-electron chi connectivity index (χ2n) is 9.31. The van der Waals surface area contributed by atoms with Gasteiger partial charge in [-0.25, -0.2) is 15.0 Å². The van der Waals surface area contributed by atoms with Crippen LogP contribution < -0.4 is 0 Å². The van der Waals surface area contributed by atoms with Gasteiger partial charge in [-0.15, -0.1) is 11.3 Å². The molecule has 3 nitrogen and oxygen atoms in total. The number of fused-ring (bicyclic) bond motifs is 1. The van der Waals surface area contributed by atoms with Gasteiger partial charge in [0.2, 0.25) is 0 Å². The Balaban J connectivity index is 1.37. The highest BCUT2D eigenvalue weighted by atomic mass is 32.1. The van der Waals surface area contributed by atoms with Gasteiger partial charge in [-0.05, 0) is 23.3 Å². The third-order valence-corrected chi connectivity index (χ3v) is 7.83. The molecule has 0 aliphatic rings. The second kappa shape index (κ2) is 10.1. The zero-order valence-electron chi connectivity index (χ0n) is 21.0. The molecule has 0 bridgehead atoms. The SMILES string of the molecule is c1ccc(-c2ccc(-c3cc(-c4cccc5sc(-c6ccccc6)nc45)nc(-c4ccccc4)n3)cc2)cc1. The molecular weight excluding hydrogens is 494 g/mol. The number of aromatic nitrogens is 3. The van der Waals surface area contributed by atoms with Crippen LogP contribution in [0.5, 0.6) is 0 Å². The van der Waals surface area contributed by atoms with Crippen molar-refractivity contribution in [3.05, 3.63) is 140 Å². The maximum absolute atomic E-state index is 5.07. The predicted molar refractivity (Wildman–Crippen MR) is 162 cm³/mol. The lowest BCUT2D eigenvalue weighted by Crippen LogP contribution is -1.96. The summed E-state index contributed by atoms with van der Waals surface area (Å²) < 4.78 is 1.14. The van der Waals surface area contributed by atoms with Crippen molar-refractivity contribution in [2.45, 2.75) is 0 Å². The highest BCUT2D eigenvalue weighted by Gasteiger charge is 2.15. The normalized spacial score (nSPS) is 11.1. The lowest BCUT2D eigenvalue weighted by Gasteiger charge is -2.10. The summed E-state index contributed by atoms with van der Waals surface area (Å²) in [6, 6.07) is 47.9. The summed E-state index contributed by atoms with van der Waals surface area (Å²) in [6.45, 7) is 0. The number of para-hydroxylation sites is 1. The predicted octanol–water partition coefficient (Wildman–Crippen LogP) is 9.42. The molecule has 2 aromatic heterocycles. The molecule has 0 aliphatic heterocycles. The first-order chi connectivity index (χ1) is 19.3.